The summed E-state index contributed by atoms with van der Waals surface area (Å²) in [4.78, 5) is 11.9. The van der Waals surface area contributed by atoms with Crippen molar-refractivity contribution >= 4 is 5.91 Å². The van der Waals surface area contributed by atoms with Gasteiger partial charge in [0.25, 0.3) is 12.3 Å². The molecule has 1 atom stereocenters. The summed E-state index contributed by atoms with van der Waals surface area (Å²) >= 11 is 0. The molecule has 7 heteroatoms. The van der Waals surface area contributed by atoms with Crippen molar-refractivity contribution in [2.24, 2.45) is 13.0 Å². The topological polar surface area (TPSA) is 56.2 Å². The van der Waals surface area contributed by atoms with Gasteiger partial charge in [-0.25, -0.2) is 8.78 Å². The molecular weight excluding hydrogens is 268 g/mol. The fourth-order valence-corrected chi connectivity index (χ4v) is 2.32. The van der Waals surface area contributed by atoms with Crippen molar-refractivity contribution in [2.45, 2.75) is 25.7 Å². The van der Waals surface area contributed by atoms with E-state index in [1.54, 1.807) is 0 Å². The zero-order chi connectivity index (χ0) is 14.5. The van der Waals surface area contributed by atoms with Crippen LogP contribution in [0.3, 0.4) is 0 Å². The van der Waals surface area contributed by atoms with Gasteiger partial charge in [0, 0.05) is 26.8 Å². The summed E-state index contributed by atoms with van der Waals surface area (Å²) in [6.45, 7) is 2.06. The molecular formula is C13H19F2N3O2. The number of hydrogen-bond donors (Lipinski definition) is 1. The molecule has 0 radical (unpaired) electrons. The van der Waals surface area contributed by atoms with Crippen LogP contribution >= 0.6 is 0 Å². The van der Waals surface area contributed by atoms with Crippen molar-refractivity contribution < 1.29 is 18.3 Å². The minimum atomic E-state index is -2.66. The first kappa shape index (κ1) is 14.9. The Labute approximate surface area is 116 Å². The maximum absolute atomic E-state index is 12.5. The Kier molecular flexibility index (Phi) is 5.05. The molecule has 0 spiro atoms. The molecule has 0 aliphatic carbocycles. The molecule has 0 unspecified atom stereocenters. The van der Waals surface area contributed by atoms with E-state index in [9.17, 15) is 13.6 Å². The standard InChI is InChI=1S/C13H19F2N3O2/c1-18-11(7-10(17-18)12(14)15)13(19)16-5-4-9-3-2-6-20-8-9/h7,9,12H,2-6,8H2,1H3,(H,16,19)/t9-/m0/s1. The Hall–Kier alpha value is -1.50. The molecule has 1 amide bonds. The molecule has 20 heavy (non-hydrogen) atoms. The Bertz CT molecular complexity index is 456. The van der Waals surface area contributed by atoms with Crippen LogP contribution in [-0.2, 0) is 11.8 Å². The lowest BCUT2D eigenvalue weighted by Gasteiger charge is -2.21. The predicted molar refractivity (Wildman–Crippen MR) is 68.7 cm³/mol. The van der Waals surface area contributed by atoms with Crippen molar-refractivity contribution in [3.8, 4) is 0 Å². The molecule has 0 saturated carbocycles. The van der Waals surface area contributed by atoms with Crippen LogP contribution in [-0.4, -0.2) is 35.4 Å². The number of rotatable bonds is 5. The summed E-state index contributed by atoms with van der Waals surface area (Å²) in [7, 11) is 1.48. The van der Waals surface area contributed by atoms with Crippen molar-refractivity contribution in [3.05, 3.63) is 17.5 Å². The van der Waals surface area contributed by atoms with Gasteiger partial charge >= 0.3 is 0 Å². The molecule has 1 fully saturated rings. The Morgan fingerprint density at radius 3 is 3.05 bits per heavy atom. The first-order valence-corrected chi connectivity index (χ1v) is 6.76. The number of ether oxygens (including phenoxy) is 1. The van der Waals surface area contributed by atoms with Crippen molar-refractivity contribution in [1.29, 1.82) is 0 Å². The number of carbonyl (C=O) groups excluding carboxylic acids is 1. The monoisotopic (exact) mass is 287 g/mol. The van der Waals surface area contributed by atoms with Gasteiger partial charge in [-0.2, -0.15) is 5.10 Å². The number of hydrogen-bond acceptors (Lipinski definition) is 3. The third-order valence-electron chi connectivity index (χ3n) is 3.45. The number of amides is 1. The first-order chi connectivity index (χ1) is 9.58. The summed E-state index contributed by atoms with van der Waals surface area (Å²) < 4.78 is 31.5. The van der Waals surface area contributed by atoms with Crippen LogP contribution in [0.5, 0.6) is 0 Å². The number of aryl methyl sites for hydroxylation is 1. The summed E-state index contributed by atoms with van der Waals surface area (Å²) in [5, 5.41) is 6.35. The van der Waals surface area contributed by atoms with Crippen LogP contribution in [0.15, 0.2) is 6.07 Å². The Morgan fingerprint density at radius 2 is 2.45 bits per heavy atom. The third kappa shape index (κ3) is 3.75. The second kappa shape index (κ2) is 6.78. The lowest BCUT2D eigenvalue weighted by Crippen LogP contribution is -2.29. The minimum Gasteiger partial charge on any atom is -0.381 e. The van der Waals surface area contributed by atoms with E-state index in [1.165, 1.54) is 11.7 Å². The van der Waals surface area contributed by atoms with E-state index in [0.717, 1.165) is 38.5 Å². The number of halogens is 2. The number of carbonyl (C=O) groups is 1. The smallest absolute Gasteiger partial charge is 0.282 e. The fraction of sp³-hybridized carbons (Fsp3) is 0.692. The van der Waals surface area contributed by atoms with E-state index < -0.39 is 6.43 Å². The maximum Gasteiger partial charge on any atom is 0.282 e. The first-order valence-electron chi connectivity index (χ1n) is 6.76. The van der Waals surface area contributed by atoms with E-state index in [0.29, 0.717) is 12.5 Å². The molecule has 1 aromatic rings. The molecule has 112 valence electrons. The van der Waals surface area contributed by atoms with E-state index in [4.69, 9.17) is 4.74 Å². The van der Waals surface area contributed by atoms with Crippen LogP contribution in [0.1, 0.15) is 41.9 Å². The van der Waals surface area contributed by atoms with Crippen LogP contribution < -0.4 is 5.32 Å². The van der Waals surface area contributed by atoms with E-state index in [1.807, 2.05) is 0 Å². The molecule has 1 aliphatic heterocycles. The largest absolute Gasteiger partial charge is 0.381 e. The zero-order valence-corrected chi connectivity index (χ0v) is 11.4. The van der Waals surface area contributed by atoms with Crippen molar-refractivity contribution in [3.63, 3.8) is 0 Å². The Balaban J connectivity index is 1.82. The average Bonchev–Trinajstić information content (AvgIpc) is 2.82. The van der Waals surface area contributed by atoms with E-state index in [-0.39, 0.29) is 17.3 Å². The average molecular weight is 287 g/mol. The molecule has 2 rings (SSSR count). The van der Waals surface area contributed by atoms with Gasteiger partial charge in [0.2, 0.25) is 0 Å². The molecule has 1 aliphatic rings. The molecule has 1 aromatic heterocycles. The van der Waals surface area contributed by atoms with Gasteiger partial charge in [-0.1, -0.05) is 0 Å². The summed E-state index contributed by atoms with van der Waals surface area (Å²) in [5.74, 6) is 0.0934. The second-order valence-corrected chi connectivity index (χ2v) is 5.01. The second-order valence-electron chi connectivity index (χ2n) is 5.01. The van der Waals surface area contributed by atoms with Gasteiger partial charge in [-0.3, -0.25) is 9.48 Å². The molecule has 5 nitrogen and oxygen atoms in total. The minimum absolute atomic E-state index is 0.153. The quantitative estimate of drug-likeness (QED) is 0.900. The third-order valence-corrected chi connectivity index (χ3v) is 3.45. The van der Waals surface area contributed by atoms with Gasteiger partial charge in [0.1, 0.15) is 11.4 Å². The van der Waals surface area contributed by atoms with Crippen LogP contribution in [0.2, 0.25) is 0 Å². The SMILES string of the molecule is Cn1nc(C(F)F)cc1C(=O)NCC[C@@H]1CCCOC1. The number of aromatic nitrogens is 2. The molecule has 1 N–H and O–H groups in total. The van der Waals surface area contributed by atoms with Crippen LogP contribution in [0, 0.1) is 5.92 Å². The van der Waals surface area contributed by atoms with E-state index in [2.05, 4.69) is 10.4 Å². The highest BCUT2D eigenvalue weighted by Crippen LogP contribution is 2.18. The van der Waals surface area contributed by atoms with Gasteiger partial charge in [0.05, 0.1) is 0 Å². The number of nitrogens with one attached hydrogen (secondary N) is 1. The van der Waals surface area contributed by atoms with Crippen molar-refractivity contribution in [1.82, 2.24) is 15.1 Å². The maximum atomic E-state index is 12.5. The molecule has 0 bridgehead atoms. The molecule has 0 aromatic carbocycles. The lowest BCUT2D eigenvalue weighted by atomic mass is 9.99. The van der Waals surface area contributed by atoms with Gasteiger partial charge in [-0.15, -0.1) is 0 Å². The lowest BCUT2D eigenvalue weighted by molar-refractivity contribution is 0.0514. The van der Waals surface area contributed by atoms with Gasteiger partial charge in [0.15, 0.2) is 0 Å². The zero-order valence-electron chi connectivity index (χ0n) is 11.4. The predicted octanol–water partition coefficient (Wildman–Crippen LogP) is 1.90. The molecule has 2 heterocycles. The van der Waals surface area contributed by atoms with Crippen LogP contribution in [0.4, 0.5) is 8.78 Å². The highest BCUT2D eigenvalue weighted by atomic mass is 19.3. The number of nitrogens with zero attached hydrogens (tertiary/aromatic N) is 2. The highest BCUT2D eigenvalue weighted by Gasteiger charge is 2.19. The van der Waals surface area contributed by atoms with Gasteiger partial charge in [-0.05, 0) is 31.2 Å². The summed E-state index contributed by atoms with van der Waals surface area (Å²) in [5.41, 5.74) is -0.224. The highest BCUT2D eigenvalue weighted by molar-refractivity contribution is 5.92. The van der Waals surface area contributed by atoms with Crippen molar-refractivity contribution in [2.75, 3.05) is 19.8 Å². The summed E-state index contributed by atoms with van der Waals surface area (Å²) in [6, 6.07) is 1.13. The van der Waals surface area contributed by atoms with Crippen LogP contribution in [0.25, 0.3) is 0 Å². The van der Waals surface area contributed by atoms with Gasteiger partial charge < -0.3 is 10.1 Å². The molecule has 1 saturated heterocycles. The van der Waals surface area contributed by atoms with E-state index >= 15 is 0 Å². The summed E-state index contributed by atoms with van der Waals surface area (Å²) in [6.07, 6.45) is 0.336. The number of alkyl halides is 2. The fourth-order valence-electron chi connectivity index (χ4n) is 2.32. The Morgan fingerprint density at radius 1 is 1.65 bits per heavy atom. The normalized spacial score (nSPS) is 19.3.